The van der Waals surface area contributed by atoms with Gasteiger partial charge in [0.2, 0.25) is 0 Å². The van der Waals surface area contributed by atoms with Crippen LogP contribution in [0.3, 0.4) is 0 Å². The minimum Gasteiger partial charge on any atom is -0.379 e. The Balaban J connectivity index is 1.65. The van der Waals surface area contributed by atoms with Crippen LogP contribution in [0.15, 0.2) is 23.6 Å². The van der Waals surface area contributed by atoms with Crippen LogP contribution in [-0.4, -0.2) is 42.1 Å². The minimum atomic E-state index is -0.691. The standard InChI is InChI=1S/C15H15F2N3O2S/c16-10-1-2-11(17)12(7-10)19-15(21)13-9-23-14(18-13)8-20-3-5-22-6-4-20/h1-2,7,9H,3-6,8H2,(H,19,21). The number of carbonyl (C=O) groups excluding carboxylic acids is 1. The lowest BCUT2D eigenvalue weighted by molar-refractivity contribution is 0.0341. The van der Waals surface area contributed by atoms with Crippen LogP contribution in [0.1, 0.15) is 15.5 Å². The van der Waals surface area contributed by atoms with Crippen molar-refractivity contribution in [2.24, 2.45) is 0 Å². The summed E-state index contributed by atoms with van der Waals surface area (Å²) in [6.07, 6.45) is 0. The number of nitrogens with zero attached hydrogens (tertiary/aromatic N) is 2. The Bertz CT molecular complexity index is 702. The second-order valence-corrected chi connectivity index (χ2v) is 6.04. The second-order valence-electron chi connectivity index (χ2n) is 5.09. The number of morpholine rings is 1. The molecule has 0 radical (unpaired) electrons. The summed E-state index contributed by atoms with van der Waals surface area (Å²) < 4.78 is 31.9. The van der Waals surface area contributed by atoms with E-state index in [1.165, 1.54) is 11.3 Å². The van der Waals surface area contributed by atoms with Crippen molar-refractivity contribution in [2.75, 3.05) is 31.6 Å². The van der Waals surface area contributed by atoms with Crippen molar-refractivity contribution in [1.82, 2.24) is 9.88 Å². The normalized spacial score (nSPS) is 15.6. The average molecular weight is 339 g/mol. The van der Waals surface area contributed by atoms with Gasteiger partial charge in [-0.2, -0.15) is 0 Å². The zero-order valence-electron chi connectivity index (χ0n) is 12.2. The molecule has 0 aliphatic carbocycles. The Morgan fingerprint density at radius 1 is 1.35 bits per heavy atom. The lowest BCUT2D eigenvalue weighted by Gasteiger charge is -2.25. The van der Waals surface area contributed by atoms with E-state index in [4.69, 9.17) is 4.74 Å². The fourth-order valence-corrected chi connectivity index (χ4v) is 3.03. The molecule has 2 aromatic rings. The van der Waals surface area contributed by atoms with Crippen LogP contribution in [0.4, 0.5) is 14.5 Å². The second kappa shape index (κ2) is 7.12. The highest BCUT2D eigenvalue weighted by atomic mass is 32.1. The van der Waals surface area contributed by atoms with E-state index in [9.17, 15) is 13.6 Å². The number of hydrogen-bond acceptors (Lipinski definition) is 5. The highest BCUT2D eigenvalue weighted by molar-refractivity contribution is 7.09. The molecule has 122 valence electrons. The zero-order valence-corrected chi connectivity index (χ0v) is 13.0. The van der Waals surface area contributed by atoms with Gasteiger partial charge in [-0.15, -0.1) is 11.3 Å². The highest BCUT2D eigenvalue weighted by Crippen LogP contribution is 2.18. The molecule has 1 aliphatic rings. The molecule has 23 heavy (non-hydrogen) atoms. The van der Waals surface area contributed by atoms with E-state index in [1.807, 2.05) is 0 Å². The van der Waals surface area contributed by atoms with Crippen LogP contribution in [0.25, 0.3) is 0 Å². The molecule has 0 saturated carbocycles. The molecule has 0 unspecified atom stereocenters. The molecular weight excluding hydrogens is 324 g/mol. The van der Waals surface area contributed by atoms with E-state index < -0.39 is 17.5 Å². The Labute approximate surface area is 135 Å². The highest BCUT2D eigenvalue weighted by Gasteiger charge is 2.16. The van der Waals surface area contributed by atoms with E-state index in [2.05, 4.69) is 15.2 Å². The Morgan fingerprint density at radius 2 is 2.13 bits per heavy atom. The predicted molar refractivity (Wildman–Crippen MR) is 82.5 cm³/mol. The van der Waals surface area contributed by atoms with Gasteiger partial charge in [0.25, 0.3) is 5.91 Å². The number of nitrogens with one attached hydrogen (secondary N) is 1. The van der Waals surface area contributed by atoms with Gasteiger partial charge in [0.1, 0.15) is 22.3 Å². The summed E-state index contributed by atoms with van der Waals surface area (Å²) in [4.78, 5) is 18.5. The van der Waals surface area contributed by atoms with Crippen LogP contribution in [0.2, 0.25) is 0 Å². The van der Waals surface area contributed by atoms with E-state index in [0.29, 0.717) is 19.8 Å². The van der Waals surface area contributed by atoms with E-state index >= 15 is 0 Å². The summed E-state index contributed by atoms with van der Waals surface area (Å²) in [5.41, 5.74) is -0.000324. The monoisotopic (exact) mass is 339 g/mol. The van der Waals surface area contributed by atoms with Crippen LogP contribution >= 0.6 is 11.3 Å². The molecule has 1 aliphatic heterocycles. The molecule has 0 atom stereocenters. The molecule has 1 fully saturated rings. The SMILES string of the molecule is O=C(Nc1cc(F)ccc1F)c1csc(CN2CCOCC2)n1. The summed E-state index contributed by atoms with van der Waals surface area (Å²) in [6, 6.07) is 2.90. The van der Waals surface area contributed by atoms with Crippen molar-refractivity contribution >= 4 is 22.9 Å². The number of ether oxygens (including phenoxy) is 1. The Kier molecular flexibility index (Phi) is 4.94. The number of amides is 1. The van der Waals surface area contributed by atoms with Crippen molar-refractivity contribution in [2.45, 2.75) is 6.54 Å². The molecule has 1 aromatic carbocycles. The molecule has 0 bridgehead atoms. The van der Waals surface area contributed by atoms with Crippen molar-refractivity contribution in [1.29, 1.82) is 0 Å². The van der Waals surface area contributed by atoms with Gasteiger partial charge < -0.3 is 10.1 Å². The first-order valence-corrected chi connectivity index (χ1v) is 8.01. The van der Waals surface area contributed by atoms with Crippen LogP contribution in [0, 0.1) is 11.6 Å². The first-order valence-electron chi connectivity index (χ1n) is 7.13. The molecule has 3 rings (SSSR count). The number of hydrogen-bond donors (Lipinski definition) is 1. The van der Waals surface area contributed by atoms with Crippen molar-refractivity contribution in [3.63, 3.8) is 0 Å². The quantitative estimate of drug-likeness (QED) is 0.930. The number of thiazole rings is 1. The van der Waals surface area contributed by atoms with Gasteiger partial charge >= 0.3 is 0 Å². The molecule has 0 spiro atoms. The van der Waals surface area contributed by atoms with Gasteiger partial charge in [0.15, 0.2) is 0 Å². The maximum absolute atomic E-state index is 13.5. The zero-order chi connectivity index (χ0) is 16.2. The molecule has 1 aromatic heterocycles. The lowest BCUT2D eigenvalue weighted by atomic mass is 10.3. The average Bonchev–Trinajstić information content (AvgIpc) is 3.00. The number of aromatic nitrogens is 1. The van der Waals surface area contributed by atoms with E-state index in [1.54, 1.807) is 5.38 Å². The maximum atomic E-state index is 13.5. The Hall–Kier alpha value is -1.90. The first kappa shape index (κ1) is 16.0. The topological polar surface area (TPSA) is 54.5 Å². The molecular formula is C15H15F2N3O2S. The molecule has 2 heterocycles. The number of halogens is 2. The third-order valence-corrected chi connectivity index (χ3v) is 4.26. The van der Waals surface area contributed by atoms with Crippen molar-refractivity contribution in [3.8, 4) is 0 Å². The lowest BCUT2D eigenvalue weighted by Crippen LogP contribution is -2.35. The minimum absolute atomic E-state index is 0.196. The molecule has 1 saturated heterocycles. The van der Waals surface area contributed by atoms with Gasteiger partial charge in [-0.3, -0.25) is 9.69 Å². The van der Waals surface area contributed by atoms with Crippen LogP contribution in [0.5, 0.6) is 0 Å². The summed E-state index contributed by atoms with van der Waals surface area (Å²) in [5.74, 6) is -1.87. The van der Waals surface area contributed by atoms with Crippen LogP contribution < -0.4 is 5.32 Å². The smallest absolute Gasteiger partial charge is 0.275 e. The molecule has 1 N–H and O–H groups in total. The largest absolute Gasteiger partial charge is 0.379 e. The molecule has 5 nitrogen and oxygen atoms in total. The summed E-state index contributed by atoms with van der Waals surface area (Å²) in [6.45, 7) is 3.69. The maximum Gasteiger partial charge on any atom is 0.275 e. The molecule has 8 heteroatoms. The fourth-order valence-electron chi connectivity index (χ4n) is 2.22. The first-order chi connectivity index (χ1) is 11.1. The molecule has 1 amide bonds. The van der Waals surface area contributed by atoms with Gasteiger partial charge in [0.05, 0.1) is 25.4 Å². The summed E-state index contributed by atoms with van der Waals surface area (Å²) in [7, 11) is 0. The summed E-state index contributed by atoms with van der Waals surface area (Å²) in [5, 5.41) is 4.76. The van der Waals surface area contributed by atoms with E-state index in [0.717, 1.165) is 36.3 Å². The van der Waals surface area contributed by atoms with Crippen molar-refractivity contribution < 1.29 is 18.3 Å². The number of rotatable bonds is 4. The number of carbonyl (C=O) groups is 1. The predicted octanol–water partition coefficient (Wildman–Crippen LogP) is 2.51. The summed E-state index contributed by atoms with van der Waals surface area (Å²) >= 11 is 1.37. The van der Waals surface area contributed by atoms with Crippen LogP contribution in [-0.2, 0) is 11.3 Å². The fraction of sp³-hybridized carbons (Fsp3) is 0.333. The Morgan fingerprint density at radius 3 is 2.91 bits per heavy atom. The third kappa shape index (κ3) is 4.10. The number of anilines is 1. The van der Waals surface area contributed by atoms with Gasteiger partial charge in [0, 0.05) is 24.5 Å². The van der Waals surface area contributed by atoms with E-state index in [-0.39, 0.29) is 11.4 Å². The van der Waals surface area contributed by atoms with Gasteiger partial charge in [-0.05, 0) is 12.1 Å². The third-order valence-electron chi connectivity index (χ3n) is 3.42. The number of benzene rings is 1. The van der Waals surface area contributed by atoms with Gasteiger partial charge in [-0.25, -0.2) is 13.8 Å². The van der Waals surface area contributed by atoms with Crippen molar-refractivity contribution in [3.05, 3.63) is 45.9 Å². The van der Waals surface area contributed by atoms with Gasteiger partial charge in [-0.1, -0.05) is 0 Å².